The van der Waals surface area contributed by atoms with Crippen molar-refractivity contribution in [2.24, 2.45) is 0 Å². The molecule has 0 fully saturated rings. The summed E-state index contributed by atoms with van der Waals surface area (Å²) in [6, 6.07) is 5.07. The maximum absolute atomic E-state index is 9.79. The minimum Gasteiger partial charge on any atom is -1.00 e. The summed E-state index contributed by atoms with van der Waals surface area (Å²) >= 11 is 0. The van der Waals surface area contributed by atoms with Crippen LogP contribution in [0.4, 0.5) is 11.4 Å². The van der Waals surface area contributed by atoms with E-state index in [1.165, 1.54) is 0 Å². The van der Waals surface area contributed by atoms with Crippen molar-refractivity contribution >= 4 is 11.4 Å². The summed E-state index contributed by atoms with van der Waals surface area (Å²) in [6.07, 6.45) is -0.521. The number of anilines is 2. The van der Waals surface area contributed by atoms with Gasteiger partial charge in [0.25, 0.3) is 0 Å². The third kappa shape index (κ3) is 5.95. The number of aliphatic hydroxyl groups excluding tert-OH is 1. The van der Waals surface area contributed by atoms with Crippen molar-refractivity contribution < 1.29 is 26.7 Å². The molecule has 0 heterocycles. The summed E-state index contributed by atoms with van der Waals surface area (Å²) < 4.78 is 6.14. The highest BCUT2D eigenvalue weighted by atomic mass is 35.5. The number of nitrogen functional groups attached to an aromatic ring is 2. The highest BCUT2D eigenvalue weighted by molar-refractivity contribution is 5.60. The van der Waals surface area contributed by atoms with Crippen LogP contribution in [-0.4, -0.2) is 50.0 Å². The van der Waals surface area contributed by atoms with Crippen LogP contribution in [0.2, 0.25) is 0 Å². The van der Waals surface area contributed by atoms with E-state index in [-0.39, 0.29) is 19.0 Å². The predicted molar refractivity (Wildman–Crippen MR) is 69.7 cm³/mol. The number of halogens is 1. The molecule has 0 radical (unpaired) electrons. The number of quaternary nitrogens is 1. The number of aliphatic hydroxyl groups is 1. The van der Waals surface area contributed by atoms with Crippen molar-refractivity contribution in [2.45, 2.75) is 6.10 Å². The van der Waals surface area contributed by atoms with E-state index in [9.17, 15) is 5.11 Å². The number of rotatable bonds is 5. The molecular weight excluding hydrogens is 254 g/mol. The second-order valence-corrected chi connectivity index (χ2v) is 5.23. The molecule has 1 unspecified atom stereocenters. The van der Waals surface area contributed by atoms with Gasteiger partial charge in [-0.25, -0.2) is 0 Å². The second kappa shape index (κ2) is 6.68. The average Bonchev–Trinajstić information content (AvgIpc) is 2.13. The van der Waals surface area contributed by atoms with Crippen LogP contribution in [0.1, 0.15) is 0 Å². The Morgan fingerprint density at radius 1 is 1.28 bits per heavy atom. The fourth-order valence-corrected chi connectivity index (χ4v) is 1.57. The first-order valence-electron chi connectivity index (χ1n) is 5.54. The normalized spacial score (nSPS) is 12.7. The van der Waals surface area contributed by atoms with Crippen LogP contribution in [-0.2, 0) is 0 Å². The predicted octanol–water partition coefficient (Wildman–Crippen LogP) is -2.70. The van der Waals surface area contributed by atoms with Crippen LogP contribution >= 0.6 is 0 Å². The van der Waals surface area contributed by atoms with E-state index in [1.807, 2.05) is 21.1 Å². The molecule has 0 spiro atoms. The van der Waals surface area contributed by atoms with Crippen molar-refractivity contribution in [1.82, 2.24) is 0 Å². The van der Waals surface area contributed by atoms with Gasteiger partial charge in [-0.1, -0.05) is 0 Å². The minimum absolute atomic E-state index is 0. The molecule has 5 nitrogen and oxygen atoms in total. The third-order valence-corrected chi connectivity index (χ3v) is 2.22. The van der Waals surface area contributed by atoms with Crippen molar-refractivity contribution in [1.29, 1.82) is 0 Å². The van der Waals surface area contributed by atoms with Gasteiger partial charge in [-0.15, -0.1) is 0 Å². The van der Waals surface area contributed by atoms with Crippen LogP contribution in [0.5, 0.6) is 5.75 Å². The molecule has 0 amide bonds. The molecule has 0 aromatic heterocycles. The summed E-state index contributed by atoms with van der Waals surface area (Å²) in [5.41, 5.74) is 12.4. The molecular formula is C12H22ClN3O2. The molecule has 1 rings (SSSR count). The van der Waals surface area contributed by atoms with E-state index in [0.29, 0.717) is 28.2 Å². The lowest BCUT2D eigenvalue weighted by molar-refractivity contribution is -0.873. The standard InChI is InChI=1S/C12H22N3O2.ClH/c1-15(2,3)7-10(16)8-17-12-5-4-9(13)6-11(12)14;/h4-6,10,16H,7-8,13-14H2,1-3H3;1H/q+1;/p-1. The van der Waals surface area contributed by atoms with Crippen LogP contribution in [0.3, 0.4) is 0 Å². The van der Waals surface area contributed by atoms with E-state index in [1.54, 1.807) is 18.2 Å². The number of nitrogens with two attached hydrogens (primary N) is 2. The summed E-state index contributed by atoms with van der Waals surface area (Å²) in [4.78, 5) is 0. The molecule has 18 heavy (non-hydrogen) atoms. The number of benzene rings is 1. The van der Waals surface area contributed by atoms with E-state index >= 15 is 0 Å². The molecule has 104 valence electrons. The Labute approximate surface area is 114 Å². The zero-order valence-electron chi connectivity index (χ0n) is 11.1. The highest BCUT2D eigenvalue weighted by Gasteiger charge is 2.16. The first-order chi connectivity index (χ1) is 7.78. The van der Waals surface area contributed by atoms with Gasteiger partial charge in [-0.05, 0) is 18.2 Å². The van der Waals surface area contributed by atoms with Gasteiger partial charge < -0.3 is 38.2 Å². The molecule has 0 aliphatic carbocycles. The lowest BCUT2D eigenvalue weighted by atomic mass is 10.2. The smallest absolute Gasteiger partial charge is 0.142 e. The van der Waals surface area contributed by atoms with Gasteiger partial charge in [-0.2, -0.15) is 0 Å². The Morgan fingerprint density at radius 3 is 2.39 bits per heavy atom. The fraction of sp³-hybridized carbons (Fsp3) is 0.500. The summed E-state index contributed by atoms with van der Waals surface area (Å²) in [7, 11) is 6.04. The first kappa shape index (κ1) is 16.8. The number of hydrogen-bond acceptors (Lipinski definition) is 4. The quantitative estimate of drug-likeness (QED) is 0.404. The van der Waals surface area contributed by atoms with Crippen molar-refractivity contribution in [3.63, 3.8) is 0 Å². The van der Waals surface area contributed by atoms with Gasteiger partial charge >= 0.3 is 0 Å². The Kier molecular flexibility index (Phi) is 6.25. The summed E-state index contributed by atoms with van der Waals surface area (Å²) in [5.74, 6) is 0.555. The number of hydrogen-bond donors (Lipinski definition) is 3. The van der Waals surface area contributed by atoms with Gasteiger partial charge in [-0.3, -0.25) is 0 Å². The van der Waals surface area contributed by atoms with E-state index in [4.69, 9.17) is 16.2 Å². The maximum atomic E-state index is 9.79. The molecule has 0 aliphatic heterocycles. The molecule has 1 aromatic rings. The lowest BCUT2D eigenvalue weighted by Gasteiger charge is -2.26. The molecule has 0 saturated carbocycles. The lowest BCUT2D eigenvalue weighted by Crippen LogP contribution is -3.00. The van der Waals surface area contributed by atoms with E-state index in [0.717, 1.165) is 0 Å². The molecule has 0 aliphatic rings. The van der Waals surface area contributed by atoms with Gasteiger partial charge in [0.05, 0.1) is 26.8 Å². The molecule has 0 saturated heterocycles. The van der Waals surface area contributed by atoms with Crippen molar-refractivity contribution in [3.05, 3.63) is 18.2 Å². The second-order valence-electron chi connectivity index (χ2n) is 5.23. The van der Waals surface area contributed by atoms with Crippen molar-refractivity contribution in [3.8, 4) is 5.75 Å². The number of ether oxygens (including phenoxy) is 1. The SMILES string of the molecule is C[N+](C)(C)CC(O)COc1ccc(N)cc1N.[Cl-]. The maximum Gasteiger partial charge on any atom is 0.142 e. The monoisotopic (exact) mass is 275 g/mol. The van der Waals surface area contributed by atoms with Gasteiger partial charge in [0.2, 0.25) is 0 Å². The zero-order chi connectivity index (χ0) is 13.1. The third-order valence-electron chi connectivity index (χ3n) is 2.22. The van der Waals surface area contributed by atoms with E-state index < -0.39 is 6.10 Å². The molecule has 6 heteroatoms. The highest BCUT2D eigenvalue weighted by Crippen LogP contribution is 2.23. The Hall–Kier alpha value is -1.17. The van der Waals surface area contributed by atoms with Crippen LogP contribution in [0, 0.1) is 0 Å². The van der Waals surface area contributed by atoms with Crippen LogP contribution in [0.25, 0.3) is 0 Å². The Morgan fingerprint density at radius 2 is 1.89 bits per heavy atom. The van der Waals surface area contributed by atoms with Gasteiger partial charge in [0.15, 0.2) is 0 Å². The Balaban J connectivity index is 0.00000289. The summed E-state index contributed by atoms with van der Waals surface area (Å²) in [6.45, 7) is 0.846. The topological polar surface area (TPSA) is 81.5 Å². The minimum atomic E-state index is -0.521. The molecule has 0 bridgehead atoms. The van der Waals surface area contributed by atoms with Crippen molar-refractivity contribution in [2.75, 3.05) is 45.8 Å². The fourth-order valence-electron chi connectivity index (χ4n) is 1.57. The number of likely N-dealkylation sites (N-methyl/N-ethyl adjacent to an activating group) is 1. The van der Waals surface area contributed by atoms with Crippen LogP contribution in [0.15, 0.2) is 18.2 Å². The molecule has 5 N–H and O–H groups in total. The largest absolute Gasteiger partial charge is 1.00 e. The van der Waals surface area contributed by atoms with Crippen LogP contribution < -0.4 is 28.6 Å². The Bertz CT molecular complexity index is 380. The zero-order valence-corrected chi connectivity index (χ0v) is 11.8. The molecule has 1 aromatic carbocycles. The molecule has 1 atom stereocenters. The number of nitrogens with zero attached hydrogens (tertiary/aromatic N) is 1. The summed E-state index contributed by atoms with van der Waals surface area (Å²) in [5, 5.41) is 9.79. The van der Waals surface area contributed by atoms with E-state index in [2.05, 4.69) is 0 Å². The average molecular weight is 276 g/mol. The van der Waals surface area contributed by atoms with Gasteiger partial charge in [0.1, 0.15) is 25.0 Å². The first-order valence-corrected chi connectivity index (χ1v) is 5.54. The van der Waals surface area contributed by atoms with Gasteiger partial charge in [0, 0.05) is 5.69 Å².